The van der Waals surface area contributed by atoms with Crippen molar-refractivity contribution in [2.75, 3.05) is 0 Å². The van der Waals surface area contributed by atoms with Gasteiger partial charge < -0.3 is 4.57 Å². The van der Waals surface area contributed by atoms with E-state index in [1.807, 2.05) is 6.07 Å². The molecule has 0 bridgehead atoms. The lowest BCUT2D eigenvalue weighted by molar-refractivity contribution is 0.270. The summed E-state index contributed by atoms with van der Waals surface area (Å²) in [5.41, 5.74) is 12.4. The quantitative estimate of drug-likeness (QED) is 0.183. The highest BCUT2D eigenvalue weighted by Gasteiger charge is 2.38. The van der Waals surface area contributed by atoms with Gasteiger partial charge in [-0.25, -0.2) is 9.97 Å². The third kappa shape index (κ3) is 4.34. The molecule has 0 amide bonds. The number of hydrogen-bond acceptors (Lipinski definition) is 2. The van der Waals surface area contributed by atoms with Crippen LogP contribution in [0.25, 0.3) is 55.6 Å². The average Bonchev–Trinajstić information content (AvgIpc) is 3.57. The van der Waals surface area contributed by atoms with Crippen molar-refractivity contribution < 1.29 is 0 Å². The third-order valence-corrected chi connectivity index (χ3v) is 11.4. The smallest absolute Gasteiger partial charge is 0.160 e. The first-order valence-corrected chi connectivity index (χ1v) is 17.3. The van der Waals surface area contributed by atoms with Crippen molar-refractivity contribution in [2.45, 2.75) is 45.1 Å². The largest absolute Gasteiger partial charge is 0.333 e. The summed E-state index contributed by atoms with van der Waals surface area (Å²) < 4.78 is 2.62. The Hall–Kier alpha value is -5.28. The molecule has 48 heavy (non-hydrogen) atoms. The maximum atomic E-state index is 5.23. The Morgan fingerprint density at radius 3 is 2.04 bits per heavy atom. The molecule has 2 heterocycles. The Kier molecular flexibility index (Phi) is 6.55. The number of benzene rings is 5. The molecule has 0 spiro atoms. The van der Waals surface area contributed by atoms with Gasteiger partial charge in [0.2, 0.25) is 0 Å². The summed E-state index contributed by atoms with van der Waals surface area (Å²) in [6.07, 6.45) is 4.88. The van der Waals surface area contributed by atoms with E-state index in [-0.39, 0.29) is 17.4 Å². The second-order valence-corrected chi connectivity index (χ2v) is 14.3. The van der Waals surface area contributed by atoms with Crippen LogP contribution in [-0.4, -0.2) is 14.5 Å². The van der Waals surface area contributed by atoms with Gasteiger partial charge in [0.1, 0.15) is 0 Å². The van der Waals surface area contributed by atoms with E-state index in [0.29, 0.717) is 11.8 Å². The molecule has 234 valence electrons. The molecule has 3 heteroatoms. The topological polar surface area (TPSA) is 30.7 Å². The number of nitrogens with zero attached hydrogens (tertiary/aromatic N) is 3. The molecule has 0 aliphatic heterocycles. The van der Waals surface area contributed by atoms with Gasteiger partial charge in [0.15, 0.2) is 5.82 Å². The van der Waals surface area contributed by atoms with E-state index in [2.05, 4.69) is 166 Å². The zero-order chi connectivity index (χ0) is 32.6. The van der Waals surface area contributed by atoms with Crippen LogP contribution >= 0.6 is 0 Å². The number of rotatable bonds is 4. The summed E-state index contributed by atoms with van der Waals surface area (Å²) in [7, 11) is 0. The molecular weight excluding hydrogens is 583 g/mol. The van der Waals surface area contributed by atoms with Crippen LogP contribution in [-0.2, 0) is 5.41 Å². The molecule has 2 aliphatic carbocycles. The summed E-state index contributed by atoms with van der Waals surface area (Å²) >= 11 is 0. The van der Waals surface area contributed by atoms with Crippen LogP contribution in [0.5, 0.6) is 0 Å². The molecule has 0 saturated heterocycles. The molecule has 4 unspecified atom stereocenters. The van der Waals surface area contributed by atoms with Crippen LogP contribution in [0.4, 0.5) is 0 Å². The Labute approximate surface area is 282 Å². The normalized spacial score (nSPS) is 21.0. The van der Waals surface area contributed by atoms with Gasteiger partial charge in [0.25, 0.3) is 0 Å². The van der Waals surface area contributed by atoms with E-state index < -0.39 is 0 Å². The van der Waals surface area contributed by atoms with Gasteiger partial charge in [-0.3, -0.25) is 0 Å². The second kappa shape index (κ2) is 10.9. The highest BCUT2D eigenvalue weighted by atomic mass is 15.0. The van der Waals surface area contributed by atoms with E-state index in [0.717, 1.165) is 28.3 Å². The van der Waals surface area contributed by atoms with Crippen LogP contribution in [0, 0.1) is 11.8 Å². The monoisotopic (exact) mass is 621 g/mol. The molecule has 9 rings (SSSR count). The highest BCUT2D eigenvalue weighted by Crippen LogP contribution is 2.52. The van der Waals surface area contributed by atoms with Crippen molar-refractivity contribution in [3.8, 4) is 33.8 Å². The first-order valence-electron chi connectivity index (χ1n) is 17.3. The molecule has 2 aliphatic rings. The summed E-state index contributed by atoms with van der Waals surface area (Å²) in [4.78, 5) is 10.3. The molecule has 0 saturated carbocycles. The number of fused-ring (bicyclic) bond motifs is 6. The van der Waals surface area contributed by atoms with Gasteiger partial charge in [-0.15, -0.1) is 0 Å². The lowest BCUT2D eigenvalue weighted by atomic mass is 9.73. The number of aromatic nitrogens is 3. The van der Waals surface area contributed by atoms with Crippen LogP contribution in [0.1, 0.15) is 56.5 Å². The molecule has 4 atom stereocenters. The standard InChI is InChI=1S/C45H39N3/c1-28-29(2)41(24-23-32(28)40-27-39(30-15-7-5-8-16-30)46-44(47-40)31-17-9-6-10-18-31)48-42-22-14-12-20-34(42)36-25-38-35(26-43(36)48)33-19-11-13-21-37(33)45(38,3)4/h5-29,32,41H,1-4H3. The van der Waals surface area contributed by atoms with E-state index in [4.69, 9.17) is 9.97 Å². The lowest BCUT2D eigenvalue weighted by Crippen LogP contribution is -2.29. The number of allylic oxidation sites excluding steroid dienone is 2. The van der Waals surface area contributed by atoms with Crippen LogP contribution in [0.3, 0.4) is 0 Å². The molecule has 2 aromatic heterocycles. The fourth-order valence-corrected chi connectivity index (χ4v) is 8.53. The van der Waals surface area contributed by atoms with Gasteiger partial charge in [-0.05, 0) is 58.4 Å². The summed E-state index contributed by atoms with van der Waals surface area (Å²) in [5, 5.41) is 2.67. The Morgan fingerprint density at radius 2 is 1.25 bits per heavy atom. The van der Waals surface area contributed by atoms with Gasteiger partial charge >= 0.3 is 0 Å². The van der Waals surface area contributed by atoms with Crippen LogP contribution in [0.15, 0.2) is 140 Å². The van der Waals surface area contributed by atoms with Gasteiger partial charge in [-0.1, -0.05) is 143 Å². The van der Waals surface area contributed by atoms with Crippen molar-refractivity contribution in [1.29, 1.82) is 0 Å². The first-order chi connectivity index (χ1) is 23.4. The molecule has 7 aromatic rings. The summed E-state index contributed by atoms with van der Waals surface area (Å²) in [6.45, 7) is 9.57. The van der Waals surface area contributed by atoms with Gasteiger partial charge in [0.05, 0.1) is 22.9 Å². The minimum Gasteiger partial charge on any atom is -0.333 e. The van der Waals surface area contributed by atoms with Gasteiger partial charge in [-0.2, -0.15) is 0 Å². The zero-order valence-electron chi connectivity index (χ0n) is 27.9. The number of hydrogen-bond donors (Lipinski definition) is 0. The predicted octanol–water partition coefficient (Wildman–Crippen LogP) is 11.4. The summed E-state index contributed by atoms with van der Waals surface area (Å²) in [5.74, 6) is 1.68. The first kappa shape index (κ1) is 28.9. The van der Waals surface area contributed by atoms with Crippen molar-refractivity contribution >= 4 is 21.8 Å². The van der Waals surface area contributed by atoms with E-state index in [9.17, 15) is 0 Å². The van der Waals surface area contributed by atoms with Crippen molar-refractivity contribution in [1.82, 2.24) is 14.5 Å². The van der Waals surface area contributed by atoms with Crippen LogP contribution < -0.4 is 0 Å². The van der Waals surface area contributed by atoms with Crippen LogP contribution in [0.2, 0.25) is 0 Å². The fraction of sp³-hybridized carbons (Fsp3) is 0.200. The third-order valence-electron chi connectivity index (χ3n) is 11.4. The molecule has 0 N–H and O–H groups in total. The minimum absolute atomic E-state index is 0.0299. The maximum Gasteiger partial charge on any atom is 0.160 e. The lowest BCUT2D eigenvalue weighted by Gasteiger charge is -2.37. The zero-order valence-corrected chi connectivity index (χ0v) is 27.9. The molecule has 3 nitrogen and oxygen atoms in total. The Morgan fingerprint density at radius 1 is 0.562 bits per heavy atom. The molecule has 0 radical (unpaired) electrons. The Balaban J connectivity index is 1.19. The van der Waals surface area contributed by atoms with Crippen molar-refractivity contribution in [2.24, 2.45) is 11.8 Å². The molecule has 5 aromatic carbocycles. The fourth-order valence-electron chi connectivity index (χ4n) is 8.53. The van der Waals surface area contributed by atoms with Gasteiger partial charge in [0, 0.05) is 38.7 Å². The van der Waals surface area contributed by atoms with E-state index >= 15 is 0 Å². The molecule has 0 fully saturated rings. The maximum absolute atomic E-state index is 5.23. The van der Waals surface area contributed by atoms with E-state index in [1.165, 1.54) is 44.1 Å². The number of para-hydroxylation sites is 1. The van der Waals surface area contributed by atoms with Crippen molar-refractivity contribution in [3.05, 3.63) is 156 Å². The minimum atomic E-state index is -0.0299. The SMILES string of the molecule is CC1C(c2cc(-c3ccccc3)nc(-c3ccccc3)n2)C=CC(n2c3ccccc3c3cc4c(cc32)-c2ccccc2C4(C)C)C1C. The second-order valence-electron chi connectivity index (χ2n) is 14.3. The van der Waals surface area contributed by atoms with E-state index in [1.54, 1.807) is 0 Å². The molecular formula is C45H39N3. The Bertz CT molecular complexity index is 2310. The highest BCUT2D eigenvalue weighted by molar-refractivity contribution is 6.10. The average molecular weight is 622 g/mol. The predicted molar refractivity (Wildman–Crippen MR) is 199 cm³/mol. The summed E-state index contributed by atoms with van der Waals surface area (Å²) in [6, 6.07) is 46.2. The van der Waals surface area contributed by atoms with Crippen molar-refractivity contribution in [3.63, 3.8) is 0 Å².